The van der Waals surface area contributed by atoms with Gasteiger partial charge < -0.3 is 19.7 Å². The van der Waals surface area contributed by atoms with E-state index in [4.69, 9.17) is 9.47 Å². The van der Waals surface area contributed by atoms with Crippen LogP contribution in [0.15, 0.2) is 24.5 Å². The minimum Gasteiger partial charge on any atom is -0.381 e. The number of amides is 2. The predicted octanol–water partition coefficient (Wildman–Crippen LogP) is 0.925. The number of pyridine rings is 1. The number of aromatic nitrogens is 1. The van der Waals surface area contributed by atoms with E-state index in [9.17, 15) is 9.59 Å². The number of nitrogens with zero attached hydrogens (tertiary/aromatic N) is 2. The van der Waals surface area contributed by atoms with Gasteiger partial charge in [0.2, 0.25) is 11.8 Å². The molecule has 3 aliphatic heterocycles. The number of hydrogen-bond acceptors (Lipinski definition) is 5. The second-order valence-electron chi connectivity index (χ2n) is 7.65. The van der Waals surface area contributed by atoms with Crippen molar-refractivity contribution in [3.05, 3.63) is 30.1 Å². The quantitative estimate of drug-likeness (QED) is 0.830. The van der Waals surface area contributed by atoms with Gasteiger partial charge in [-0.25, -0.2) is 0 Å². The number of likely N-dealkylation sites (tertiary alicyclic amines) is 1. The molecule has 146 valence electrons. The van der Waals surface area contributed by atoms with Gasteiger partial charge in [0.05, 0.1) is 24.7 Å². The molecule has 1 aromatic heterocycles. The van der Waals surface area contributed by atoms with Gasteiger partial charge in [-0.15, -0.1) is 0 Å². The maximum Gasteiger partial charge on any atom is 0.227 e. The van der Waals surface area contributed by atoms with Crippen LogP contribution < -0.4 is 5.32 Å². The lowest BCUT2D eigenvalue weighted by Crippen LogP contribution is -2.66. The van der Waals surface area contributed by atoms with Crippen LogP contribution >= 0.6 is 0 Å². The zero-order chi connectivity index (χ0) is 18.6. The lowest BCUT2D eigenvalue weighted by Gasteiger charge is -2.52. The van der Waals surface area contributed by atoms with E-state index in [1.807, 2.05) is 17.0 Å². The maximum absolute atomic E-state index is 12.5. The molecule has 3 saturated heterocycles. The van der Waals surface area contributed by atoms with E-state index >= 15 is 0 Å². The van der Waals surface area contributed by atoms with Gasteiger partial charge in [-0.05, 0) is 43.4 Å². The Kier molecular flexibility index (Phi) is 5.69. The molecule has 4 rings (SSSR count). The summed E-state index contributed by atoms with van der Waals surface area (Å²) in [5.74, 6) is 0.337. The molecule has 1 aromatic rings. The molecule has 0 spiro atoms. The third kappa shape index (κ3) is 4.30. The van der Waals surface area contributed by atoms with Crippen LogP contribution in [0.5, 0.6) is 0 Å². The summed E-state index contributed by atoms with van der Waals surface area (Å²) in [4.78, 5) is 30.7. The van der Waals surface area contributed by atoms with Gasteiger partial charge in [-0.2, -0.15) is 0 Å². The lowest BCUT2D eigenvalue weighted by atomic mass is 9.89. The fourth-order valence-corrected chi connectivity index (χ4v) is 4.19. The number of carbonyl (C=O) groups excluding carboxylic acids is 2. The van der Waals surface area contributed by atoms with Crippen LogP contribution in [0.2, 0.25) is 0 Å². The second kappa shape index (κ2) is 8.35. The highest BCUT2D eigenvalue weighted by Crippen LogP contribution is 2.32. The summed E-state index contributed by atoms with van der Waals surface area (Å²) in [5, 5.41) is 3.04. The summed E-state index contributed by atoms with van der Waals surface area (Å²) in [7, 11) is 0. The van der Waals surface area contributed by atoms with E-state index in [0.717, 1.165) is 31.2 Å². The first-order valence-electron chi connectivity index (χ1n) is 9.90. The Morgan fingerprint density at radius 1 is 1.15 bits per heavy atom. The number of hydrogen-bond donors (Lipinski definition) is 1. The van der Waals surface area contributed by atoms with Crippen LogP contribution in [-0.2, 0) is 25.5 Å². The largest absolute Gasteiger partial charge is 0.381 e. The molecule has 2 amide bonds. The van der Waals surface area contributed by atoms with E-state index in [1.165, 1.54) is 0 Å². The number of ether oxygens (including phenoxy) is 2. The Labute approximate surface area is 159 Å². The van der Waals surface area contributed by atoms with Crippen molar-refractivity contribution >= 4 is 11.8 Å². The van der Waals surface area contributed by atoms with Gasteiger partial charge in [-0.3, -0.25) is 14.6 Å². The molecule has 3 fully saturated rings. The van der Waals surface area contributed by atoms with Crippen LogP contribution in [0.1, 0.15) is 31.2 Å². The van der Waals surface area contributed by atoms with Crippen molar-refractivity contribution in [2.75, 3.05) is 26.3 Å². The lowest BCUT2D eigenvalue weighted by molar-refractivity contribution is -0.181. The summed E-state index contributed by atoms with van der Waals surface area (Å²) in [6.07, 6.45) is 7.40. The molecule has 3 atom stereocenters. The molecule has 0 radical (unpaired) electrons. The molecule has 27 heavy (non-hydrogen) atoms. The molecule has 7 heteroatoms. The Morgan fingerprint density at radius 3 is 2.67 bits per heavy atom. The Bertz CT molecular complexity index is 662. The highest BCUT2D eigenvalue weighted by atomic mass is 16.5. The zero-order valence-corrected chi connectivity index (χ0v) is 15.5. The van der Waals surface area contributed by atoms with Gasteiger partial charge in [0, 0.05) is 44.6 Å². The first-order valence-corrected chi connectivity index (χ1v) is 9.90. The monoisotopic (exact) mass is 373 g/mol. The van der Waals surface area contributed by atoms with Crippen LogP contribution in [0, 0.1) is 5.92 Å². The minimum atomic E-state index is 0.0486. The summed E-state index contributed by atoms with van der Waals surface area (Å²) >= 11 is 0. The molecule has 0 bridgehead atoms. The van der Waals surface area contributed by atoms with Crippen LogP contribution in [0.4, 0.5) is 0 Å². The molecule has 7 nitrogen and oxygen atoms in total. The first-order chi connectivity index (χ1) is 13.2. The first kappa shape index (κ1) is 18.4. The van der Waals surface area contributed by atoms with Gasteiger partial charge >= 0.3 is 0 Å². The van der Waals surface area contributed by atoms with Crippen molar-refractivity contribution < 1.29 is 19.1 Å². The van der Waals surface area contributed by atoms with E-state index < -0.39 is 0 Å². The molecule has 0 aromatic carbocycles. The SMILES string of the molecule is O=C(NC[C@H]1CC[C@@H]2[C@@H](CN2C(=O)Cc2ccncc2)O1)C1CCOCC1. The van der Waals surface area contributed by atoms with Crippen molar-refractivity contribution in [1.29, 1.82) is 0 Å². The summed E-state index contributed by atoms with van der Waals surface area (Å²) in [6.45, 7) is 2.56. The van der Waals surface area contributed by atoms with Crippen LogP contribution in [0.25, 0.3) is 0 Å². The molecule has 0 saturated carbocycles. The Balaban J connectivity index is 1.20. The molecule has 0 aliphatic carbocycles. The maximum atomic E-state index is 12.5. The molecular weight excluding hydrogens is 346 g/mol. The van der Waals surface area contributed by atoms with Crippen molar-refractivity contribution in [1.82, 2.24) is 15.2 Å². The zero-order valence-electron chi connectivity index (χ0n) is 15.5. The third-order valence-corrected chi connectivity index (χ3v) is 5.88. The molecule has 4 heterocycles. The molecule has 1 N–H and O–H groups in total. The fourth-order valence-electron chi connectivity index (χ4n) is 4.19. The van der Waals surface area contributed by atoms with Crippen molar-refractivity contribution in [2.45, 2.75) is 50.4 Å². The van der Waals surface area contributed by atoms with E-state index in [0.29, 0.717) is 32.7 Å². The topological polar surface area (TPSA) is 80.8 Å². The minimum absolute atomic E-state index is 0.0486. The molecule has 0 unspecified atom stereocenters. The van der Waals surface area contributed by atoms with E-state index in [-0.39, 0.29) is 36.0 Å². The summed E-state index contributed by atoms with van der Waals surface area (Å²) in [6, 6.07) is 3.94. The molecular formula is C20H27N3O4. The van der Waals surface area contributed by atoms with Crippen molar-refractivity contribution in [3.63, 3.8) is 0 Å². The summed E-state index contributed by atoms with van der Waals surface area (Å²) < 4.78 is 11.4. The average molecular weight is 373 g/mol. The van der Waals surface area contributed by atoms with Crippen LogP contribution in [0.3, 0.4) is 0 Å². The third-order valence-electron chi connectivity index (χ3n) is 5.88. The highest BCUT2D eigenvalue weighted by molar-refractivity contribution is 5.80. The highest BCUT2D eigenvalue weighted by Gasteiger charge is 2.46. The Hall–Kier alpha value is -1.99. The number of rotatable bonds is 5. The summed E-state index contributed by atoms with van der Waals surface area (Å²) in [5.41, 5.74) is 0.990. The number of nitrogens with one attached hydrogen (secondary N) is 1. The normalized spacial score (nSPS) is 28.1. The average Bonchev–Trinajstić information content (AvgIpc) is 2.69. The second-order valence-corrected chi connectivity index (χ2v) is 7.65. The van der Waals surface area contributed by atoms with E-state index in [2.05, 4.69) is 10.3 Å². The van der Waals surface area contributed by atoms with Crippen molar-refractivity contribution in [2.24, 2.45) is 5.92 Å². The molecule has 3 aliphatic rings. The number of carbonyl (C=O) groups is 2. The van der Waals surface area contributed by atoms with E-state index in [1.54, 1.807) is 12.4 Å². The number of fused-ring (bicyclic) bond motifs is 1. The fraction of sp³-hybridized carbons (Fsp3) is 0.650. The van der Waals surface area contributed by atoms with Gasteiger partial charge in [0.15, 0.2) is 0 Å². The van der Waals surface area contributed by atoms with Gasteiger partial charge in [-0.1, -0.05) is 0 Å². The Morgan fingerprint density at radius 2 is 1.93 bits per heavy atom. The van der Waals surface area contributed by atoms with Gasteiger partial charge in [0.1, 0.15) is 0 Å². The standard InChI is InChI=1S/C20H27N3O4/c24-19(11-14-3-7-21-8-4-14)23-13-18-17(23)2-1-16(27-18)12-22-20(25)15-5-9-26-10-6-15/h3-4,7-8,15-18H,1-2,5-6,9-13H2,(H,22,25)/t16-,17-,18-/m1/s1. The van der Waals surface area contributed by atoms with Gasteiger partial charge in [0.25, 0.3) is 0 Å². The predicted molar refractivity (Wildman–Crippen MR) is 97.9 cm³/mol. The van der Waals surface area contributed by atoms with Crippen LogP contribution in [-0.4, -0.2) is 66.3 Å². The smallest absolute Gasteiger partial charge is 0.227 e. The van der Waals surface area contributed by atoms with Crippen molar-refractivity contribution in [3.8, 4) is 0 Å².